The van der Waals surface area contributed by atoms with E-state index >= 15 is 0 Å². The Morgan fingerprint density at radius 2 is 1.20 bits per heavy atom. The largest absolute Gasteiger partial charge is 0.397 e. The van der Waals surface area contributed by atoms with Crippen molar-refractivity contribution < 1.29 is 14.6 Å². The van der Waals surface area contributed by atoms with Crippen LogP contribution in [0, 0.1) is 0 Å². The van der Waals surface area contributed by atoms with Gasteiger partial charge in [-0.1, -0.05) is 0 Å². The maximum atomic E-state index is 7.57. The van der Waals surface area contributed by atoms with Crippen LogP contribution in [0.15, 0.2) is 0 Å². The Morgan fingerprint density at radius 1 is 1.10 bits per heavy atom. The van der Waals surface area contributed by atoms with Crippen LogP contribution in [-0.4, -0.2) is 39.6 Å². The van der Waals surface area contributed by atoms with Gasteiger partial charge in [0.05, 0.1) is 0 Å². The summed E-state index contributed by atoms with van der Waals surface area (Å²) in [5, 5.41) is 7.57. The molecule has 0 aliphatic carbocycles. The lowest BCUT2D eigenvalue weighted by Crippen LogP contribution is -1.73. The van der Waals surface area contributed by atoms with Crippen molar-refractivity contribution in [2.24, 2.45) is 0 Å². The monoisotopic (exact) mass is 152 g/mol. The molecule has 10 heavy (non-hydrogen) atoms. The van der Waals surface area contributed by atoms with Crippen molar-refractivity contribution in [2.45, 2.75) is 13.8 Å². The zero-order chi connectivity index (χ0) is 8.83. The van der Waals surface area contributed by atoms with Crippen molar-refractivity contribution in [1.29, 1.82) is 0 Å². The van der Waals surface area contributed by atoms with Crippen LogP contribution in [0.4, 0.5) is 0 Å². The lowest BCUT2D eigenvalue weighted by Gasteiger charge is -1.76. The SMILES string of the molecule is CCO.CCOC.COC. The van der Waals surface area contributed by atoms with Crippen LogP contribution in [0.25, 0.3) is 0 Å². The van der Waals surface area contributed by atoms with E-state index in [4.69, 9.17) is 5.11 Å². The Kier molecular flexibility index (Phi) is 60.3. The number of hydrogen-bond acceptors (Lipinski definition) is 3. The number of aliphatic hydroxyl groups is 1. The van der Waals surface area contributed by atoms with E-state index in [2.05, 4.69) is 9.47 Å². The Labute approximate surface area is 64.0 Å². The topological polar surface area (TPSA) is 38.7 Å². The molecule has 0 aromatic carbocycles. The van der Waals surface area contributed by atoms with Gasteiger partial charge < -0.3 is 14.6 Å². The average molecular weight is 152 g/mol. The molecule has 1 N–H and O–H groups in total. The van der Waals surface area contributed by atoms with Crippen LogP contribution in [0.2, 0.25) is 0 Å². The van der Waals surface area contributed by atoms with E-state index in [1.165, 1.54) is 0 Å². The third kappa shape index (κ3) is 482. The summed E-state index contributed by atoms with van der Waals surface area (Å²) >= 11 is 0. The second-order valence-electron chi connectivity index (χ2n) is 1.30. The molecule has 0 atom stereocenters. The molecule has 0 unspecified atom stereocenters. The molecule has 0 saturated carbocycles. The van der Waals surface area contributed by atoms with E-state index in [0.29, 0.717) is 0 Å². The number of aliphatic hydroxyl groups excluding tert-OH is 1. The highest BCUT2D eigenvalue weighted by molar-refractivity contribution is 3.94. The molecule has 0 aromatic heterocycles. The zero-order valence-corrected chi connectivity index (χ0v) is 7.68. The summed E-state index contributed by atoms with van der Waals surface area (Å²) in [6.45, 7) is 4.71. The predicted octanol–water partition coefficient (Wildman–Crippen LogP) is 0.914. The Balaban J connectivity index is -0.0000000750. The Hall–Kier alpha value is -0.120. The van der Waals surface area contributed by atoms with Crippen LogP contribution in [0.5, 0.6) is 0 Å². The molecule has 0 spiro atoms. The Morgan fingerprint density at radius 3 is 1.20 bits per heavy atom. The normalized spacial score (nSPS) is 6.60. The van der Waals surface area contributed by atoms with Gasteiger partial charge in [0.25, 0.3) is 0 Å². The molecule has 0 aliphatic heterocycles. The minimum absolute atomic E-state index is 0.250. The first-order chi connectivity index (χ1) is 4.74. The predicted molar refractivity (Wildman–Crippen MR) is 43.2 cm³/mol. The van der Waals surface area contributed by atoms with Gasteiger partial charge in [-0.15, -0.1) is 0 Å². The second kappa shape index (κ2) is 36.6. The quantitative estimate of drug-likeness (QED) is 0.607. The summed E-state index contributed by atoms with van der Waals surface area (Å²) in [6.07, 6.45) is 0. The highest BCUT2D eigenvalue weighted by Gasteiger charge is 1.51. The minimum atomic E-state index is 0.250. The molecule has 0 bridgehead atoms. The molecule has 0 rings (SSSR count). The number of rotatable bonds is 1. The number of ether oxygens (including phenoxy) is 2. The average Bonchev–Trinajstić information content (AvgIpc) is 1.91. The van der Waals surface area contributed by atoms with Crippen molar-refractivity contribution >= 4 is 0 Å². The van der Waals surface area contributed by atoms with Crippen LogP contribution < -0.4 is 0 Å². The molecule has 0 amide bonds. The third-order valence-electron chi connectivity index (χ3n) is 0.289. The van der Waals surface area contributed by atoms with Gasteiger partial charge in [-0.05, 0) is 13.8 Å². The molecular formula is C7H20O3. The van der Waals surface area contributed by atoms with Gasteiger partial charge in [0.1, 0.15) is 0 Å². The molecule has 3 heteroatoms. The lowest BCUT2D eigenvalue weighted by atomic mass is 10.9. The first kappa shape index (κ1) is 16.5. The fourth-order valence-corrected chi connectivity index (χ4v) is 0. The van der Waals surface area contributed by atoms with Crippen LogP contribution >= 0.6 is 0 Å². The van der Waals surface area contributed by atoms with Gasteiger partial charge in [-0.3, -0.25) is 0 Å². The summed E-state index contributed by atoms with van der Waals surface area (Å²) in [7, 11) is 4.93. The van der Waals surface area contributed by atoms with E-state index in [9.17, 15) is 0 Å². The van der Waals surface area contributed by atoms with Crippen molar-refractivity contribution in [1.82, 2.24) is 0 Å². The van der Waals surface area contributed by atoms with Gasteiger partial charge in [0, 0.05) is 34.5 Å². The smallest absolute Gasteiger partial charge is 0.0433 e. The van der Waals surface area contributed by atoms with E-state index in [0.717, 1.165) is 6.61 Å². The van der Waals surface area contributed by atoms with Gasteiger partial charge >= 0.3 is 0 Å². The molecule has 0 aliphatic rings. The zero-order valence-electron chi connectivity index (χ0n) is 7.68. The molecule has 0 heterocycles. The third-order valence-corrected chi connectivity index (χ3v) is 0.289. The van der Waals surface area contributed by atoms with Crippen molar-refractivity contribution in [3.63, 3.8) is 0 Å². The van der Waals surface area contributed by atoms with Crippen molar-refractivity contribution in [2.75, 3.05) is 34.5 Å². The van der Waals surface area contributed by atoms with E-state index in [-0.39, 0.29) is 6.61 Å². The van der Waals surface area contributed by atoms with Crippen molar-refractivity contribution in [3.05, 3.63) is 0 Å². The molecular weight excluding hydrogens is 132 g/mol. The Bertz CT molecular complexity index is 20.8. The van der Waals surface area contributed by atoms with E-state index in [1.807, 2.05) is 6.92 Å². The molecule has 0 radical (unpaired) electrons. The maximum Gasteiger partial charge on any atom is 0.0433 e. The summed E-state index contributed by atoms with van der Waals surface area (Å²) in [6, 6.07) is 0. The van der Waals surface area contributed by atoms with Crippen LogP contribution in [0.1, 0.15) is 13.8 Å². The summed E-state index contributed by atoms with van der Waals surface area (Å²) in [5.41, 5.74) is 0. The van der Waals surface area contributed by atoms with E-state index < -0.39 is 0 Å². The van der Waals surface area contributed by atoms with Crippen LogP contribution in [-0.2, 0) is 9.47 Å². The van der Waals surface area contributed by atoms with Gasteiger partial charge in [-0.25, -0.2) is 0 Å². The highest BCUT2D eigenvalue weighted by atomic mass is 16.5. The minimum Gasteiger partial charge on any atom is -0.397 e. The summed E-state index contributed by atoms with van der Waals surface area (Å²) in [4.78, 5) is 0. The molecule has 0 aromatic rings. The fraction of sp³-hybridized carbons (Fsp3) is 1.00. The molecule has 0 fully saturated rings. The lowest BCUT2D eigenvalue weighted by molar-refractivity contribution is 0.215. The maximum absolute atomic E-state index is 7.57. The molecule has 66 valence electrons. The van der Waals surface area contributed by atoms with Crippen LogP contribution in [0.3, 0.4) is 0 Å². The highest BCUT2D eigenvalue weighted by Crippen LogP contribution is 1.52. The van der Waals surface area contributed by atoms with E-state index in [1.54, 1.807) is 28.3 Å². The molecule has 0 saturated heterocycles. The summed E-state index contributed by atoms with van der Waals surface area (Å²) < 4.78 is 8.79. The fourth-order valence-electron chi connectivity index (χ4n) is 0. The first-order valence-electron chi connectivity index (χ1n) is 3.24. The molecule has 3 nitrogen and oxygen atoms in total. The number of hydrogen-bond donors (Lipinski definition) is 1. The second-order valence-corrected chi connectivity index (χ2v) is 1.30. The van der Waals surface area contributed by atoms with Gasteiger partial charge in [-0.2, -0.15) is 0 Å². The number of methoxy groups -OCH3 is 2. The first-order valence-corrected chi connectivity index (χ1v) is 3.24. The standard InChI is InChI=1S/C3H8O.2C2H6O/c1-3-4-2;1-3-2;1-2-3/h3H2,1-2H3;1-2H3;3H,2H2,1H3. The summed E-state index contributed by atoms with van der Waals surface area (Å²) in [5.74, 6) is 0. The van der Waals surface area contributed by atoms with Gasteiger partial charge in [0.15, 0.2) is 0 Å². The van der Waals surface area contributed by atoms with Crippen molar-refractivity contribution in [3.8, 4) is 0 Å². The van der Waals surface area contributed by atoms with Gasteiger partial charge in [0.2, 0.25) is 0 Å².